The van der Waals surface area contributed by atoms with Gasteiger partial charge in [-0.3, -0.25) is 4.79 Å². The first-order valence-corrected chi connectivity index (χ1v) is 9.34. The third-order valence-electron chi connectivity index (χ3n) is 4.04. The van der Waals surface area contributed by atoms with E-state index in [9.17, 15) is 4.79 Å². The molecule has 0 spiro atoms. The van der Waals surface area contributed by atoms with Gasteiger partial charge in [0.2, 0.25) is 0 Å². The molecule has 1 heterocycles. The maximum atomic E-state index is 11.9. The standard InChI is InChI=1S/C15H24N2OS2/c1-4-6-15(7-8-15)9-17-14-13(19-3)11(16)12(20-14)10(18)5-2/h17H,4-9,16H2,1-3H3. The summed E-state index contributed by atoms with van der Waals surface area (Å²) >= 11 is 3.15. The van der Waals surface area contributed by atoms with E-state index in [-0.39, 0.29) is 5.78 Å². The number of carbonyl (C=O) groups is 1. The Kier molecular flexibility index (Phi) is 5.02. The molecule has 0 unspecified atom stereocenters. The Labute approximate surface area is 129 Å². The van der Waals surface area contributed by atoms with Gasteiger partial charge in [0, 0.05) is 13.0 Å². The molecule has 1 aliphatic carbocycles. The van der Waals surface area contributed by atoms with Gasteiger partial charge in [-0.1, -0.05) is 20.3 Å². The van der Waals surface area contributed by atoms with Crippen LogP contribution in [0.25, 0.3) is 0 Å². The molecule has 1 saturated carbocycles. The summed E-state index contributed by atoms with van der Waals surface area (Å²) < 4.78 is 0. The van der Waals surface area contributed by atoms with Crippen molar-refractivity contribution in [1.29, 1.82) is 0 Å². The smallest absolute Gasteiger partial charge is 0.174 e. The second-order valence-electron chi connectivity index (χ2n) is 5.59. The molecule has 0 radical (unpaired) electrons. The lowest BCUT2D eigenvalue weighted by molar-refractivity contribution is 0.0992. The van der Waals surface area contributed by atoms with E-state index in [0.29, 0.717) is 17.5 Å². The van der Waals surface area contributed by atoms with Gasteiger partial charge in [0.25, 0.3) is 0 Å². The number of nitrogens with one attached hydrogen (secondary N) is 1. The summed E-state index contributed by atoms with van der Waals surface area (Å²) in [5.41, 5.74) is 7.30. The van der Waals surface area contributed by atoms with E-state index >= 15 is 0 Å². The fourth-order valence-electron chi connectivity index (χ4n) is 2.61. The van der Waals surface area contributed by atoms with Crippen molar-refractivity contribution in [1.82, 2.24) is 0 Å². The van der Waals surface area contributed by atoms with Crippen molar-refractivity contribution < 1.29 is 4.79 Å². The predicted octanol–water partition coefficient (Wildman–Crippen LogP) is 4.64. The molecule has 3 nitrogen and oxygen atoms in total. The first kappa shape index (κ1) is 15.7. The second kappa shape index (κ2) is 6.39. The topological polar surface area (TPSA) is 55.1 Å². The van der Waals surface area contributed by atoms with Crippen LogP contribution in [0.5, 0.6) is 0 Å². The van der Waals surface area contributed by atoms with E-state index in [2.05, 4.69) is 12.2 Å². The van der Waals surface area contributed by atoms with E-state index in [1.165, 1.54) is 37.0 Å². The Morgan fingerprint density at radius 2 is 2.15 bits per heavy atom. The van der Waals surface area contributed by atoms with E-state index in [1.807, 2.05) is 13.2 Å². The minimum atomic E-state index is 0.144. The minimum absolute atomic E-state index is 0.144. The zero-order chi connectivity index (χ0) is 14.8. The van der Waals surface area contributed by atoms with E-state index in [0.717, 1.165) is 21.3 Å². The molecule has 1 aromatic rings. The molecule has 1 aliphatic rings. The quantitative estimate of drug-likeness (QED) is 0.542. The number of thiophene rings is 1. The molecular weight excluding hydrogens is 288 g/mol. The lowest BCUT2D eigenvalue weighted by Gasteiger charge is -2.15. The van der Waals surface area contributed by atoms with Gasteiger partial charge in [-0.2, -0.15) is 0 Å². The molecule has 20 heavy (non-hydrogen) atoms. The highest BCUT2D eigenvalue weighted by molar-refractivity contribution is 7.99. The zero-order valence-corrected chi connectivity index (χ0v) is 14.2. The van der Waals surface area contributed by atoms with Crippen LogP contribution < -0.4 is 11.1 Å². The number of nitrogens with two attached hydrogens (primary N) is 1. The number of anilines is 2. The average Bonchev–Trinajstić information content (AvgIpc) is 3.13. The fourth-order valence-corrected chi connectivity index (χ4v) is 4.65. The molecule has 0 aromatic carbocycles. The summed E-state index contributed by atoms with van der Waals surface area (Å²) in [7, 11) is 0. The predicted molar refractivity (Wildman–Crippen MR) is 90.2 cm³/mol. The van der Waals surface area contributed by atoms with Crippen LogP contribution in [0, 0.1) is 5.41 Å². The van der Waals surface area contributed by atoms with Gasteiger partial charge in [0.1, 0.15) is 5.00 Å². The normalized spacial score (nSPS) is 16.1. The number of hydrogen-bond donors (Lipinski definition) is 2. The number of rotatable bonds is 8. The van der Waals surface area contributed by atoms with Crippen LogP contribution in [0.3, 0.4) is 0 Å². The molecule has 1 fully saturated rings. The molecule has 1 aromatic heterocycles. The molecule has 0 saturated heterocycles. The minimum Gasteiger partial charge on any atom is -0.396 e. The van der Waals surface area contributed by atoms with E-state index < -0.39 is 0 Å². The van der Waals surface area contributed by atoms with Gasteiger partial charge < -0.3 is 11.1 Å². The van der Waals surface area contributed by atoms with Crippen molar-refractivity contribution in [3.63, 3.8) is 0 Å². The molecular formula is C15H24N2OS2. The van der Waals surface area contributed by atoms with Crippen LogP contribution in [0.15, 0.2) is 4.90 Å². The highest BCUT2D eigenvalue weighted by Crippen LogP contribution is 2.50. The zero-order valence-electron chi connectivity index (χ0n) is 12.5. The van der Waals surface area contributed by atoms with Crippen LogP contribution in [0.2, 0.25) is 0 Å². The first-order chi connectivity index (χ1) is 9.56. The largest absolute Gasteiger partial charge is 0.396 e. The van der Waals surface area contributed by atoms with Crippen molar-refractivity contribution in [2.24, 2.45) is 5.41 Å². The first-order valence-electron chi connectivity index (χ1n) is 7.30. The lowest BCUT2D eigenvalue weighted by atomic mass is 10.0. The van der Waals surface area contributed by atoms with Crippen molar-refractivity contribution >= 4 is 39.6 Å². The Morgan fingerprint density at radius 1 is 1.45 bits per heavy atom. The fraction of sp³-hybridized carbons (Fsp3) is 0.667. The van der Waals surface area contributed by atoms with E-state index in [4.69, 9.17) is 5.73 Å². The second-order valence-corrected chi connectivity index (χ2v) is 7.42. The number of hydrogen-bond acceptors (Lipinski definition) is 5. The summed E-state index contributed by atoms with van der Waals surface area (Å²) in [5, 5.41) is 4.64. The van der Waals surface area contributed by atoms with Gasteiger partial charge in [0.15, 0.2) is 5.78 Å². The highest BCUT2D eigenvalue weighted by Gasteiger charge is 2.41. The Hall–Kier alpha value is -0.680. The molecule has 0 amide bonds. The number of carbonyl (C=O) groups excluding carboxylic acids is 1. The molecule has 0 aliphatic heterocycles. The Morgan fingerprint density at radius 3 is 2.65 bits per heavy atom. The number of thioether (sulfide) groups is 1. The van der Waals surface area contributed by atoms with Gasteiger partial charge in [-0.05, 0) is 30.9 Å². The number of Topliss-reactive ketones (excluding diaryl/α,β-unsaturated/α-hetero) is 1. The summed E-state index contributed by atoms with van der Waals surface area (Å²) in [5.74, 6) is 0.144. The number of nitrogen functional groups attached to an aromatic ring is 1. The van der Waals surface area contributed by atoms with Crippen LogP contribution in [0.1, 0.15) is 55.6 Å². The molecule has 0 atom stereocenters. The monoisotopic (exact) mass is 312 g/mol. The number of ketones is 1. The van der Waals surface area contributed by atoms with Crippen LogP contribution >= 0.6 is 23.1 Å². The third-order valence-corrected chi connectivity index (χ3v) is 6.21. The molecule has 3 N–H and O–H groups in total. The maximum absolute atomic E-state index is 11.9. The van der Waals surface area contributed by atoms with Crippen LogP contribution in [0.4, 0.5) is 10.7 Å². The summed E-state index contributed by atoms with van der Waals surface area (Å²) in [6, 6.07) is 0. The molecule has 0 bridgehead atoms. The van der Waals surface area contributed by atoms with Crippen LogP contribution in [-0.2, 0) is 0 Å². The molecule has 2 rings (SSSR count). The van der Waals surface area contributed by atoms with Crippen molar-refractivity contribution in [2.75, 3.05) is 23.9 Å². The van der Waals surface area contributed by atoms with Crippen LogP contribution in [-0.4, -0.2) is 18.6 Å². The van der Waals surface area contributed by atoms with E-state index in [1.54, 1.807) is 11.8 Å². The Bertz CT molecular complexity index is 492. The summed E-state index contributed by atoms with van der Waals surface area (Å²) in [6.45, 7) is 5.14. The molecule has 112 valence electrons. The highest BCUT2D eigenvalue weighted by atomic mass is 32.2. The Balaban J connectivity index is 2.13. The average molecular weight is 313 g/mol. The van der Waals surface area contributed by atoms with Crippen molar-refractivity contribution in [3.05, 3.63) is 4.88 Å². The van der Waals surface area contributed by atoms with Gasteiger partial charge in [-0.15, -0.1) is 23.1 Å². The van der Waals surface area contributed by atoms with Crippen molar-refractivity contribution in [2.45, 2.75) is 50.8 Å². The van der Waals surface area contributed by atoms with Gasteiger partial charge in [0.05, 0.1) is 15.5 Å². The van der Waals surface area contributed by atoms with Gasteiger partial charge >= 0.3 is 0 Å². The molecule has 5 heteroatoms. The van der Waals surface area contributed by atoms with Gasteiger partial charge in [-0.25, -0.2) is 0 Å². The SMILES string of the molecule is CCCC1(CNc2sc(C(=O)CC)c(N)c2SC)CC1. The summed E-state index contributed by atoms with van der Waals surface area (Å²) in [6.07, 6.45) is 7.70. The summed E-state index contributed by atoms with van der Waals surface area (Å²) in [4.78, 5) is 13.7. The van der Waals surface area contributed by atoms with Crippen molar-refractivity contribution in [3.8, 4) is 0 Å². The third kappa shape index (κ3) is 3.14. The maximum Gasteiger partial charge on any atom is 0.174 e. The lowest BCUT2D eigenvalue weighted by Crippen LogP contribution is -2.14.